The average molecular weight is 482 g/mol. The van der Waals surface area contributed by atoms with E-state index in [4.69, 9.17) is 5.73 Å². The molecule has 1 aliphatic heterocycles. The number of thioether (sulfide) groups is 1. The number of fused-ring (bicyclic) bond motifs is 1. The zero-order chi connectivity index (χ0) is 23.6. The van der Waals surface area contributed by atoms with E-state index in [1.54, 1.807) is 42.5 Å². The molecule has 33 heavy (non-hydrogen) atoms. The summed E-state index contributed by atoms with van der Waals surface area (Å²) in [5.74, 6) is -0.832. The maximum Gasteiger partial charge on any atom is 0.264 e. The number of benzene rings is 3. The molecule has 1 unspecified atom stereocenters. The molecule has 0 saturated heterocycles. The van der Waals surface area contributed by atoms with E-state index < -0.39 is 21.8 Å². The standard InChI is InChI=1S/C24H23N3O4S2/c1-16-13-17-7-2-4-11-21(17)27(16)33(30,31)19-9-6-8-18(14-19)24(29)26-20-10-3-5-12-22(20)32-15-23(25)28/h2-12,14,16H,13,15H2,1H3,(H2,25,28)(H,26,29). The molecular weight excluding hydrogens is 458 g/mol. The Morgan fingerprint density at radius 1 is 1.06 bits per heavy atom. The van der Waals surface area contributed by atoms with Crippen molar-refractivity contribution in [2.24, 2.45) is 5.73 Å². The van der Waals surface area contributed by atoms with Crippen molar-refractivity contribution in [3.63, 3.8) is 0 Å². The van der Waals surface area contributed by atoms with Gasteiger partial charge in [0.1, 0.15) is 0 Å². The first-order valence-corrected chi connectivity index (χ1v) is 12.7. The van der Waals surface area contributed by atoms with Crippen LogP contribution in [0.25, 0.3) is 0 Å². The lowest BCUT2D eigenvalue weighted by Crippen LogP contribution is -2.35. The summed E-state index contributed by atoms with van der Waals surface area (Å²) in [7, 11) is -3.86. The summed E-state index contributed by atoms with van der Waals surface area (Å²) in [5.41, 5.74) is 7.60. The molecule has 0 saturated carbocycles. The van der Waals surface area contributed by atoms with Crippen molar-refractivity contribution in [2.75, 3.05) is 15.4 Å². The predicted octanol–water partition coefficient (Wildman–Crippen LogP) is 3.66. The second-order valence-electron chi connectivity index (χ2n) is 7.72. The van der Waals surface area contributed by atoms with Crippen LogP contribution in [0.15, 0.2) is 82.6 Å². The number of para-hydroxylation sites is 2. The van der Waals surface area contributed by atoms with Gasteiger partial charge in [0, 0.05) is 16.5 Å². The van der Waals surface area contributed by atoms with Gasteiger partial charge >= 0.3 is 0 Å². The highest BCUT2D eigenvalue weighted by molar-refractivity contribution is 8.00. The molecule has 0 aliphatic carbocycles. The van der Waals surface area contributed by atoms with Crippen molar-refractivity contribution in [3.8, 4) is 0 Å². The molecule has 0 aromatic heterocycles. The molecule has 0 fully saturated rings. The van der Waals surface area contributed by atoms with Crippen LogP contribution >= 0.6 is 11.8 Å². The molecule has 1 atom stereocenters. The molecule has 9 heteroatoms. The molecule has 1 aliphatic rings. The molecule has 0 bridgehead atoms. The van der Waals surface area contributed by atoms with Gasteiger partial charge in [-0.2, -0.15) is 0 Å². The molecule has 7 nitrogen and oxygen atoms in total. The highest BCUT2D eigenvalue weighted by atomic mass is 32.2. The summed E-state index contributed by atoms with van der Waals surface area (Å²) in [4.78, 5) is 24.8. The van der Waals surface area contributed by atoms with Gasteiger partial charge in [0.05, 0.1) is 22.0 Å². The Hall–Kier alpha value is -3.30. The molecule has 0 radical (unpaired) electrons. The molecule has 0 spiro atoms. The zero-order valence-electron chi connectivity index (χ0n) is 17.9. The summed E-state index contributed by atoms with van der Waals surface area (Å²) >= 11 is 1.22. The lowest BCUT2D eigenvalue weighted by Gasteiger charge is -2.24. The Kier molecular flexibility index (Phi) is 6.44. The quantitative estimate of drug-likeness (QED) is 0.501. The van der Waals surface area contributed by atoms with E-state index in [2.05, 4.69) is 5.32 Å². The van der Waals surface area contributed by atoms with Crippen LogP contribution < -0.4 is 15.4 Å². The minimum atomic E-state index is -3.86. The highest BCUT2D eigenvalue weighted by Crippen LogP contribution is 2.36. The van der Waals surface area contributed by atoms with Gasteiger partial charge < -0.3 is 11.1 Å². The van der Waals surface area contributed by atoms with E-state index in [-0.39, 0.29) is 22.3 Å². The number of carbonyl (C=O) groups excluding carboxylic acids is 2. The molecular formula is C24H23N3O4S2. The van der Waals surface area contributed by atoms with Crippen molar-refractivity contribution in [2.45, 2.75) is 29.2 Å². The fourth-order valence-electron chi connectivity index (χ4n) is 3.85. The number of carbonyl (C=O) groups is 2. The van der Waals surface area contributed by atoms with E-state index in [0.717, 1.165) is 5.56 Å². The number of hydrogen-bond acceptors (Lipinski definition) is 5. The van der Waals surface area contributed by atoms with Gasteiger partial charge in [0.15, 0.2) is 0 Å². The smallest absolute Gasteiger partial charge is 0.264 e. The first-order chi connectivity index (χ1) is 15.8. The number of hydrogen-bond donors (Lipinski definition) is 2. The maximum atomic E-state index is 13.5. The summed E-state index contributed by atoms with van der Waals surface area (Å²) < 4.78 is 28.4. The van der Waals surface area contributed by atoms with Crippen LogP contribution in [0.3, 0.4) is 0 Å². The minimum Gasteiger partial charge on any atom is -0.369 e. The minimum absolute atomic E-state index is 0.0510. The van der Waals surface area contributed by atoms with Crippen LogP contribution in [0, 0.1) is 0 Å². The molecule has 3 N–H and O–H groups in total. The highest BCUT2D eigenvalue weighted by Gasteiger charge is 2.36. The van der Waals surface area contributed by atoms with Crippen LogP contribution in [-0.2, 0) is 21.2 Å². The van der Waals surface area contributed by atoms with Crippen LogP contribution in [0.5, 0.6) is 0 Å². The van der Waals surface area contributed by atoms with E-state index in [1.165, 1.54) is 28.2 Å². The SMILES string of the molecule is CC1Cc2ccccc2N1S(=O)(=O)c1cccc(C(=O)Nc2ccccc2SCC(N)=O)c1. The predicted molar refractivity (Wildman–Crippen MR) is 130 cm³/mol. The number of nitrogens with one attached hydrogen (secondary N) is 1. The van der Waals surface area contributed by atoms with E-state index in [9.17, 15) is 18.0 Å². The Morgan fingerprint density at radius 3 is 2.58 bits per heavy atom. The van der Waals surface area contributed by atoms with E-state index >= 15 is 0 Å². The van der Waals surface area contributed by atoms with E-state index in [0.29, 0.717) is 22.7 Å². The second-order valence-corrected chi connectivity index (χ2v) is 10.5. The van der Waals surface area contributed by atoms with Gasteiger partial charge in [-0.3, -0.25) is 13.9 Å². The summed E-state index contributed by atoms with van der Waals surface area (Å²) in [5, 5.41) is 2.80. The summed E-state index contributed by atoms with van der Waals surface area (Å²) in [6.07, 6.45) is 0.634. The van der Waals surface area contributed by atoms with Crippen molar-refractivity contribution in [1.29, 1.82) is 0 Å². The Morgan fingerprint density at radius 2 is 1.79 bits per heavy atom. The van der Waals surface area contributed by atoms with Gasteiger partial charge in [-0.05, 0) is 55.3 Å². The van der Waals surface area contributed by atoms with Crippen molar-refractivity contribution in [3.05, 3.63) is 83.9 Å². The lowest BCUT2D eigenvalue weighted by atomic mass is 10.1. The fraction of sp³-hybridized carbons (Fsp3) is 0.167. The first-order valence-electron chi connectivity index (χ1n) is 10.3. The molecule has 3 aromatic carbocycles. The topological polar surface area (TPSA) is 110 Å². The van der Waals surface area contributed by atoms with Crippen LogP contribution in [0.4, 0.5) is 11.4 Å². The fourth-order valence-corrected chi connectivity index (χ4v) is 6.34. The largest absolute Gasteiger partial charge is 0.369 e. The number of anilines is 2. The maximum absolute atomic E-state index is 13.5. The van der Waals surface area contributed by atoms with Gasteiger partial charge in [0.25, 0.3) is 15.9 Å². The normalized spacial score (nSPS) is 15.2. The number of nitrogens with zero attached hydrogens (tertiary/aromatic N) is 1. The molecule has 3 aromatic rings. The number of primary amides is 1. The van der Waals surface area contributed by atoms with Crippen molar-refractivity contribution >= 4 is 45.0 Å². The summed E-state index contributed by atoms with van der Waals surface area (Å²) in [6, 6.07) is 20.3. The van der Waals surface area contributed by atoms with Gasteiger partial charge in [-0.1, -0.05) is 36.4 Å². The monoisotopic (exact) mass is 481 g/mol. The second kappa shape index (κ2) is 9.29. The Labute approximate surface area is 197 Å². The molecule has 170 valence electrons. The lowest BCUT2D eigenvalue weighted by molar-refractivity contribution is -0.115. The first kappa shape index (κ1) is 22.9. The molecule has 1 heterocycles. The Balaban J connectivity index is 1.60. The number of amides is 2. The zero-order valence-corrected chi connectivity index (χ0v) is 19.5. The third-order valence-electron chi connectivity index (χ3n) is 5.30. The van der Waals surface area contributed by atoms with Crippen molar-refractivity contribution < 1.29 is 18.0 Å². The third kappa shape index (κ3) is 4.74. The number of nitrogens with two attached hydrogens (primary N) is 1. The van der Waals surface area contributed by atoms with Gasteiger partial charge in [-0.25, -0.2) is 8.42 Å². The molecule has 2 amide bonds. The number of rotatable bonds is 7. The Bertz CT molecular complexity index is 1320. The molecule has 4 rings (SSSR count). The van der Waals surface area contributed by atoms with Crippen LogP contribution in [-0.4, -0.2) is 32.0 Å². The van der Waals surface area contributed by atoms with Gasteiger partial charge in [-0.15, -0.1) is 11.8 Å². The number of sulfonamides is 1. The van der Waals surface area contributed by atoms with Crippen LogP contribution in [0.1, 0.15) is 22.8 Å². The van der Waals surface area contributed by atoms with Crippen LogP contribution in [0.2, 0.25) is 0 Å². The van der Waals surface area contributed by atoms with Gasteiger partial charge in [0.2, 0.25) is 5.91 Å². The van der Waals surface area contributed by atoms with Crippen molar-refractivity contribution in [1.82, 2.24) is 0 Å². The van der Waals surface area contributed by atoms with E-state index in [1.807, 2.05) is 25.1 Å². The third-order valence-corrected chi connectivity index (χ3v) is 8.32. The average Bonchev–Trinajstić information content (AvgIpc) is 3.15. The summed E-state index contributed by atoms with van der Waals surface area (Å²) in [6.45, 7) is 1.87.